The standard InChI is InChI=1S/C10H9FN4O/c11-7-2-1-3-8-10(7)6(4-13-8)9(5-16)14-15-12/h1-4,9,13,16H,5H2. The lowest BCUT2D eigenvalue weighted by molar-refractivity contribution is 0.268. The van der Waals surface area contributed by atoms with Gasteiger partial charge in [0.25, 0.3) is 0 Å². The second kappa shape index (κ2) is 4.22. The highest BCUT2D eigenvalue weighted by Crippen LogP contribution is 2.28. The van der Waals surface area contributed by atoms with E-state index in [0.29, 0.717) is 16.5 Å². The van der Waals surface area contributed by atoms with E-state index in [0.717, 1.165) is 0 Å². The smallest absolute Gasteiger partial charge is 0.132 e. The van der Waals surface area contributed by atoms with Gasteiger partial charge in [-0.25, -0.2) is 4.39 Å². The Morgan fingerprint density at radius 3 is 3.06 bits per heavy atom. The molecule has 1 aromatic carbocycles. The summed E-state index contributed by atoms with van der Waals surface area (Å²) in [5.74, 6) is -0.402. The monoisotopic (exact) mass is 220 g/mol. The van der Waals surface area contributed by atoms with Gasteiger partial charge in [0.05, 0.1) is 12.6 Å². The van der Waals surface area contributed by atoms with Crippen molar-refractivity contribution in [3.63, 3.8) is 0 Å². The van der Waals surface area contributed by atoms with Crippen molar-refractivity contribution in [2.75, 3.05) is 6.61 Å². The van der Waals surface area contributed by atoms with Crippen molar-refractivity contribution in [2.45, 2.75) is 6.04 Å². The van der Waals surface area contributed by atoms with Gasteiger partial charge >= 0.3 is 0 Å². The maximum atomic E-state index is 13.6. The fourth-order valence-electron chi connectivity index (χ4n) is 1.69. The van der Waals surface area contributed by atoms with Gasteiger partial charge in [0.1, 0.15) is 5.82 Å². The number of nitrogens with one attached hydrogen (secondary N) is 1. The van der Waals surface area contributed by atoms with Gasteiger partial charge in [-0.2, -0.15) is 0 Å². The molecule has 1 atom stereocenters. The molecule has 2 rings (SSSR count). The summed E-state index contributed by atoms with van der Waals surface area (Å²) in [7, 11) is 0. The molecule has 1 heterocycles. The molecule has 0 amide bonds. The number of nitrogens with zero attached hydrogens (tertiary/aromatic N) is 3. The second-order valence-corrected chi connectivity index (χ2v) is 3.31. The molecule has 2 aromatic rings. The number of rotatable bonds is 3. The van der Waals surface area contributed by atoms with Crippen LogP contribution in [0.4, 0.5) is 4.39 Å². The number of aromatic amines is 1. The zero-order chi connectivity index (χ0) is 11.5. The number of hydrogen-bond acceptors (Lipinski definition) is 2. The maximum absolute atomic E-state index is 13.6. The van der Waals surface area contributed by atoms with Crippen LogP contribution in [0.3, 0.4) is 0 Å². The van der Waals surface area contributed by atoms with Gasteiger partial charge in [-0.05, 0) is 23.2 Å². The van der Waals surface area contributed by atoms with Crippen LogP contribution in [0.1, 0.15) is 11.6 Å². The van der Waals surface area contributed by atoms with E-state index in [4.69, 9.17) is 10.6 Å². The van der Waals surface area contributed by atoms with Crippen LogP contribution in [-0.4, -0.2) is 16.7 Å². The first-order valence-electron chi connectivity index (χ1n) is 4.68. The Morgan fingerprint density at radius 1 is 1.56 bits per heavy atom. The molecule has 0 spiro atoms. The lowest BCUT2D eigenvalue weighted by atomic mass is 10.1. The Kier molecular flexibility index (Phi) is 2.76. The Hall–Kier alpha value is -2.04. The van der Waals surface area contributed by atoms with Crippen LogP contribution in [-0.2, 0) is 0 Å². The van der Waals surface area contributed by atoms with Crippen LogP contribution in [0.25, 0.3) is 21.3 Å². The summed E-state index contributed by atoms with van der Waals surface area (Å²) in [4.78, 5) is 5.50. The lowest BCUT2D eigenvalue weighted by Gasteiger charge is -2.05. The van der Waals surface area contributed by atoms with Crippen LogP contribution in [0.5, 0.6) is 0 Å². The van der Waals surface area contributed by atoms with Crippen molar-refractivity contribution in [3.8, 4) is 0 Å². The summed E-state index contributed by atoms with van der Waals surface area (Å²) >= 11 is 0. The molecule has 16 heavy (non-hydrogen) atoms. The lowest BCUT2D eigenvalue weighted by Crippen LogP contribution is -1.99. The average molecular weight is 220 g/mol. The quantitative estimate of drug-likeness (QED) is 0.465. The van der Waals surface area contributed by atoms with E-state index in [-0.39, 0.29) is 6.61 Å². The molecule has 0 fully saturated rings. The third-order valence-electron chi connectivity index (χ3n) is 2.41. The molecule has 0 radical (unpaired) electrons. The van der Waals surface area contributed by atoms with Gasteiger partial charge < -0.3 is 10.1 Å². The molecule has 6 heteroatoms. The molecule has 1 unspecified atom stereocenters. The SMILES string of the molecule is [N-]=[N+]=NC(CO)c1c[nH]c2cccc(F)c12. The van der Waals surface area contributed by atoms with E-state index in [1.807, 2.05) is 0 Å². The number of azide groups is 1. The molecule has 0 saturated carbocycles. The summed E-state index contributed by atoms with van der Waals surface area (Å²) in [6.07, 6.45) is 1.54. The van der Waals surface area contributed by atoms with Crippen LogP contribution in [0.2, 0.25) is 0 Å². The first-order valence-corrected chi connectivity index (χ1v) is 4.68. The normalized spacial score (nSPS) is 12.4. The molecule has 2 N–H and O–H groups in total. The predicted octanol–water partition coefficient (Wildman–Crippen LogP) is 2.65. The summed E-state index contributed by atoms with van der Waals surface area (Å²) < 4.78 is 13.6. The first kappa shape index (κ1) is 10.5. The highest BCUT2D eigenvalue weighted by atomic mass is 19.1. The summed E-state index contributed by atoms with van der Waals surface area (Å²) in [5, 5.41) is 12.9. The van der Waals surface area contributed by atoms with Crippen LogP contribution in [0.15, 0.2) is 29.5 Å². The Balaban J connectivity index is 2.64. The number of fused-ring (bicyclic) bond motifs is 1. The van der Waals surface area contributed by atoms with E-state index in [9.17, 15) is 4.39 Å². The Bertz CT molecular complexity index is 559. The molecule has 0 saturated heterocycles. The molecular weight excluding hydrogens is 211 g/mol. The van der Waals surface area contributed by atoms with Crippen LogP contribution < -0.4 is 0 Å². The van der Waals surface area contributed by atoms with Gasteiger partial charge in [0.15, 0.2) is 0 Å². The van der Waals surface area contributed by atoms with Gasteiger partial charge in [-0.3, -0.25) is 0 Å². The second-order valence-electron chi connectivity index (χ2n) is 3.31. The van der Waals surface area contributed by atoms with E-state index < -0.39 is 11.9 Å². The largest absolute Gasteiger partial charge is 0.396 e. The van der Waals surface area contributed by atoms with Crippen LogP contribution in [0, 0.1) is 5.82 Å². The zero-order valence-electron chi connectivity index (χ0n) is 8.26. The third-order valence-corrected chi connectivity index (χ3v) is 2.41. The van der Waals surface area contributed by atoms with E-state index in [1.165, 1.54) is 6.07 Å². The molecular formula is C10H9FN4O. The van der Waals surface area contributed by atoms with Gasteiger partial charge in [-0.15, -0.1) is 0 Å². The average Bonchev–Trinajstić information content (AvgIpc) is 2.71. The van der Waals surface area contributed by atoms with Crippen molar-refractivity contribution >= 4 is 10.9 Å². The van der Waals surface area contributed by atoms with Gasteiger partial charge in [-0.1, -0.05) is 11.2 Å². The van der Waals surface area contributed by atoms with Crippen molar-refractivity contribution < 1.29 is 9.50 Å². The summed E-state index contributed by atoms with van der Waals surface area (Å²) in [5.41, 5.74) is 9.43. The zero-order valence-corrected chi connectivity index (χ0v) is 8.26. The highest BCUT2D eigenvalue weighted by Gasteiger charge is 2.15. The van der Waals surface area contributed by atoms with Crippen molar-refractivity contribution in [1.82, 2.24) is 4.98 Å². The minimum atomic E-state index is -0.768. The van der Waals surface area contributed by atoms with Crippen molar-refractivity contribution in [1.29, 1.82) is 0 Å². The minimum absolute atomic E-state index is 0.356. The number of hydrogen-bond donors (Lipinski definition) is 2. The minimum Gasteiger partial charge on any atom is -0.396 e. The third kappa shape index (κ3) is 1.60. The van der Waals surface area contributed by atoms with Crippen molar-refractivity contribution in [3.05, 3.63) is 46.2 Å². The predicted molar refractivity (Wildman–Crippen MR) is 57.2 cm³/mol. The Labute approximate surface area is 90.1 Å². The number of aliphatic hydroxyl groups excluding tert-OH is 1. The highest BCUT2D eigenvalue weighted by molar-refractivity contribution is 5.84. The summed E-state index contributed by atoms with van der Waals surface area (Å²) in [6.45, 7) is -0.356. The summed E-state index contributed by atoms with van der Waals surface area (Å²) in [6, 6.07) is 3.85. The number of aliphatic hydroxyl groups is 1. The number of benzene rings is 1. The molecule has 1 aromatic heterocycles. The molecule has 5 nitrogen and oxygen atoms in total. The van der Waals surface area contributed by atoms with Crippen molar-refractivity contribution in [2.24, 2.45) is 5.11 Å². The van der Waals surface area contributed by atoms with Crippen LogP contribution >= 0.6 is 0 Å². The van der Waals surface area contributed by atoms with E-state index in [2.05, 4.69) is 15.0 Å². The van der Waals surface area contributed by atoms with E-state index >= 15 is 0 Å². The number of halogens is 1. The number of aromatic nitrogens is 1. The first-order chi connectivity index (χ1) is 7.77. The topological polar surface area (TPSA) is 84.8 Å². The molecule has 0 bridgehead atoms. The fraction of sp³-hybridized carbons (Fsp3) is 0.200. The van der Waals surface area contributed by atoms with Gasteiger partial charge in [0, 0.05) is 22.0 Å². The molecule has 0 aliphatic heterocycles. The molecule has 82 valence electrons. The molecule has 0 aliphatic carbocycles. The maximum Gasteiger partial charge on any atom is 0.132 e. The Morgan fingerprint density at radius 2 is 2.38 bits per heavy atom. The van der Waals surface area contributed by atoms with Gasteiger partial charge in [0.2, 0.25) is 0 Å². The molecule has 0 aliphatic rings. The fourth-order valence-corrected chi connectivity index (χ4v) is 1.69. The van der Waals surface area contributed by atoms with E-state index in [1.54, 1.807) is 18.3 Å². The number of H-pyrrole nitrogens is 1.